The number of likely N-dealkylation sites (tertiary alicyclic amines) is 1. The van der Waals surface area contributed by atoms with Crippen LogP contribution >= 0.6 is 11.5 Å². The highest BCUT2D eigenvalue weighted by Crippen LogP contribution is 2.19. The molecule has 2 aromatic rings. The zero-order valence-electron chi connectivity index (χ0n) is 13.4. The molecule has 0 saturated carbocycles. The van der Waals surface area contributed by atoms with Gasteiger partial charge in [0.2, 0.25) is 5.13 Å². The van der Waals surface area contributed by atoms with Crippen LogP contribution in [0.2, 0.25) is 0 Å². The summed E-state index contributed by atoms with van der Waals surface area (Å²) in [5.41, 5.74) is 2.69. The lowest BCUT2D eigenvalue weighted by Crippen LogP contribution is -2.36. The van der Waals surface area contributed by atoms with E-state index < -0.39 is 0 Å². The monoisotopic (exact) mass is 316 g/mol. The van der Waals surface area contributed by atoms with Gasteiger partial charge in [-0.3, -0.25) is 4.90 Å². The van der Waals surface area contributed by atoms with Gasteiger partial charge in [0.1, 0.15) is 5.82 Å². The van der Waals surface area contributed by atoms with Crippen molar-refractivity contribution in [2.45, 2.75) is 52.2 Å². The topological polar surface area (TPSA) is 41.1 Å². The van der Waals surface area contributed by atoms with Crippen molar-refractivity contribution in [3.05, 3.63) is 41.2 Å². The normalized spacial score (nSPS) is 19.3. The minimum Gasteiger partial charge on any atom is -0.356 e. The van der Waals surface area contributed by atoms with E-state index in [1.807, 2.05) is 6.92 Å². The van der Waals surface area contributed by atoms with Crippen LogP contribution < -0.4 is 5.32 Å². The molecule has 118 valence electrons. The Bertz CT molecular complexity index is 593. The Morgan fingerprint density at radius 1 is 1.23 bits per heavy atom. The van der Waals surface area contributed by atoms with Crippen LogP contribution in [-0.4, -0.2) is 26.8 Å². The minimum absolute atomic E-state index is 0.718. The molecule has 3 rings (SSSR count). The summed E-state index contributed by atoms with van der Waals surface area (Å²) >= 11 is 1.42. The molecule has 0 aliphatic carbocycles. The quantitative estimate of drug-likeness (QED) is 0.910. The van der Waals surface area contributed by atoms with E-state index in [1.165, 1.54) is 48.5 Å². The third-order valence-electron chi connectivity index (χ3n) is 4.32. The highest BCUT2D eigenvalue weighted by molar-refractivity contribution is 7.09. The van der Waals surface area contributed by atoms with Gasteiger partial charge in [0.15, 0.2) is 0 Å². The Morgan fingerprint density at radius 3 is 2.68 bits per heavy atom. The van der Waals surface area contributed by atoms with Crippen molar-refractivity contribution < 1.29 is 0 Å². The van der Waals surface area contributed by atoms with E-state index in [1.54, 1.807) is 0 Å². The second kappa shape index (κ2) is 7.20. The van der Waals surface area contributed by atoms with Crippen LogP contribution in [0, 0.1) is 6.92 Å². The molecular weight excluding hydrogens is 292 g/mol. The molecule has 1 fully saturated rings. The Hall–Kier alpha value is -1.46. The molecule has 0 bridgehead atoms. The van der Waals surface area contributed by atoms with E-state index in [-0.39, 0.29) is 0 Å². The van der Waals surface area contributed by atoms with Gasteiger partial charge in [-0.25, -0.2) is 4.98 Å². The number of benzene rings is 1. The van der Waals surface area contributed by atoms with Crippen LogP contribution in [0.5, 0.6) is 0 Å². The Morgan fingerprint density at radius 2 is 2.00 bits per heavy atom. The maximum atomic E-state index is 4.32. The van der Waals surface area contributed by atoms with Crippen LogP contribution in [0.15, 0.2) is 24.3 Å². The van der Waals surface area contributed by atoms with Crippen LogP contribution in [0.25, 0.3) is 0 Å². The average Bonchev–Trinajstić information content (AvgIpc) is 2.94. The summed E-state index contributed by atoms with van der Waals surface area (Å²) in [6.45, 7) is 7.37. The number of nitrogens with zero attached hydrogens (tertiary/aromatic N) is 3. The van der Waals surface area contributed by atoms with E-state index in [2.05, 4.69) is 50.8 Å². The number of aromatic nitrogens is 2. The molecule has 1 aromatic heterocycles. The molecule has 1 atom stereocenters. The zero-order chi connectivity index (χ0) is 15.4. The van der Waals surface area contributed by atoms with E-state index in [4.69, 9.17) is 0 Å². The van der Waals surface area contributed by atoms with Gasteiger partial charge in [0.05, 0.1) is 0 Å². The van der Waals surface area contributed by atoms with Gasteiger partial charge in [-0.2, -0.15) is 4.37 Å². The Labute approximate surface area is 136 Å². The van der Waals surface area contributed by atoms with Crippen molar-refractivity contribution in [1.82, 2.24) is 14.3 Å². The van der Waals surface area contributed by atoms with Gasteiger partial charge in [0.25, 0.3) is 0 Å². The first-order chi connectivity index (χ1) is 10.7. The lowest BCUT2D eigenvalue weighted by molar-refractivity contribution is 0.152. The second-order valence-electron chi connectivity index (χ2n) is 6.13. The van der Waals surface area contributed by atoms with E-state index in [0.717, 1.165) is 30.1 Å². The fourth-order valence-corrected chi connectivity index (χ4v) is 3.51. The molecule has 1 N–H and O–H groups in total. The lowest BCUT2D eigenvalue weighted by Gasteiger charge is -2.33. The number of piperidine rings is 1. The summed E-state index contributed by atoms with van der Waals surface area (Å²) < 4.78 is 4.18. The summed E-state index contributed by atoms with van der Waals surface area (Å²) in [6, 6.07) is 9.65. The molecule has 0 radical (unpaired) electrons. The fraction of sp³-hybridized carbons (Fsp3) is 0.529. The molecule has 22 heavy (non-hydrogen) atoms. The van der Waals surface area contributed by atoms with Crippen molar-refractivity contribution in [3.63, 3.8) is 0 Å². The van der Waals surface area contributed by atoms with Crippen molar-refractivity contribution in [2.75, 3.05) is 11.9 Å². The number of rotatable bonds is 5. The first-order valence-corrected chi connectivity index (χ1v) is 8.84. The summed E-state index contributed by atoms with van der Waals surface area (Å²) in [7, 11) is 0. The van der Waals surface area contributed by atoms with Gasteiger partial charge in [0, 0.05) is 30.7 Å². The second-order valence-corrected chi connectivity index (χ2v) is 6.88. The first kappa shape index (κ1) is 15.4. The number of aryl methyl sites for hydroxylation is 1. The fourth-order valence-electron chi connectivity index (χ4n) is 2.94. The van der Waals surface area contributed by atoms with Crippen LogP contribution in [0.3, 0.4) is 0 Å². The predicted molar refractivity (Wildman–Crippen MR) is 92.1 cm³/mol. The third kappa shape index (κ3) is 4.05. The molecule has 0 spiro atoms. The Kier molecular flexibility index (Phi) is 5.05. The van der Waals surface area contributed by atoms with Gasteiger partial charge < -0.3 is 5.32 Å². The van der Waals surface area contributed by atoms with Crippen molar-refractivity contribution in [2.24, 2.45) is 0 Å². The zero-order valence-corrected chi connectivity index (χ0v) is 14.2. The summed E-state index contributed by atoms with van der Waals surface area (Å²) in [4.78, 5) is 6.92. The molecule has 4 nitrogen and oxygen atoms in total. The van der Waals surface area contributed by atoms with E-state index in [9.17, 15) is 0 Å². The number of hydrogen-bond donors (Lipinski definition) is 1. The third-order valence-corrected chi connectivity index (χ3v) is 5.08. The van der Waals surface area contributed by atoms with Crippen molar-refractivity contribution >= 4 is 16.7 Å². The van der Waals surface area contributed by atoms with Crippen LogP contribution in [0.4, 0.5) is 5.13 Å². The molecule has 1 aliphatic rings. The van der Waals surface area contributed by atoms with Crippen molar-refractivity contribution in [1.29, 1.82) is 0 Å². The SMILES string of the molecule is Cc1nsc(NCc2ccc(CN3CCCCC3C)cc2)n1. The maximum Gasteiger partial charge on any atom is 0.202 e. The van der Waals surface area contributed by atoms with Gasteiger partial charge >= 0.3 is 0 Å². The van der Waals surface area contributed by atoms with Crippen LogP contribution in [-0.2, 0) is 13.1 Å². The standard InChI is InChI=1S/C17H24N4S/c1-13-5-3-4-10-21(13)12-16-8-6-15(7-9-16)11-18-17-19-14(2)20-22-17/h6-9,13H,3-5,10-12H2,1-2H3,(H,18,19,20). The van der Waals surface area contributed by atoms with Gasteiger partial charge in [-0.05, 0) is 44.4 Å². The molecule has 1 aliphatic heterocycles. The van der Waals surface area contributed by atoms with Gasteiger partial charge in [-0.15, -0.1) is 0 Å². The highest BCUT2D eigenvalue weighted by atomic mass is 32.1. The minimum atomic E-state index is 0.718. The average molecular weight is 316 g/mol. The summed E-state index contributed by atoms with van der Waals surface area (Å²) in [5.74, 6) is 0.832. The number of anilines is 1. The van der Waals surface area contributed by atoms with Crippen LogP contribution in [0.1, 0.15) is 43.1 Å². The summed E-state index contributed by atoms with van der Waals surface area (Å²) in [5, 5.41) is 4.22. The molecule has 1 saturated heterocycles. The Balaban J connectivity index is 1.53. The van der Waals surface area contributed by atoms with Crippen molar-refractivity contribution in [3.8, 4) is 0 Å². The smallest absolute Gasteiger partial charge is 0.202 e. The first-order valence-electron chi connectivity index (χ1n) is 8.07. The molecule has 1 aromatic carbocycles. The molecule has 5 heteroatoms. The lowest BCUT2D eigenvalue weighted by atomic mass is 10.0. The molecule has 2 heterocycles. The molecule has 0 amide bonds. The molecular formula is C17H24N4S. The highest BCUT2D eigenvalue weighted by Gasteiger charge is 2.17. The van der Waals surface area contributed by atoms with E-state index in [0.29, 0.717) is 0 Å². The summed E-state index contributed by atoms with van der Waals surface area (Å²) in [6.07, 6.45) is 4.06. The predicted octanol–water partition coefficient (Wildman–Crippen LogP) is 3.83. The molecule has 1 unspecified atom stereocenters. The van der Waals surface area contributed by atoms with Gasteiger partial charge in [-0.1, -0.05) is 30.7 Å². The number of hydrogen-bond acceptors (Lipinski definition) is 5. The van der Waals surface area contributed by atoms with E-state index >= 15 is 0 Å². The maximum absolute atomic E-state index is 4.32. The number of nitrogens with one attached hydrogen (secondary N) is 1. The largest absolute Gasteiger partial charge is 0.356 e.